The number of nitrogens with zero attached hydrogens (tertiary/aromatic N) is 1. The van der Waals surface area contributed by atoms with E-state index in [2.05, 4.69) is 10.3 Å². The number of carbonyl (C=O) groups excluding carboxylic acids is 1. The van der Waals surface area contributed by atoms with Crippen LogP contribution in [0.5, 0.6) is 5.75 Å². The van der Waals surface area contributed by atoms with Crippen molar-refractivity contribution in [3.63, 3.8) is 0 Å². The molecule has 2 heterocycles. The molecule has 1 saturated heterocycles. The first-order valence-electron chi connectivity index (χ1n) is 5.34. The molecule has 86 valence electrons. The third kappa shape index (κ3) is 2.70. The highest BCUT2D eigenvalue weighted by atomic mass is 16.5. The fourth-order valence-corrected chi connectivity index (χ4v) is 1.53. The standard InChI is InChI=1S/C11H15N3O2/c12-11(15)6-9-10(2-1-4-14-9)16-7-8-3-5-13-8/h1-2,4,8,13H,3,5-7H2,(H2,12,15). The molecule has 1 atom stereocenters. The molecule has 5 nitrogen and oxygen atoms in total. The Morgan fingerprint density at radius 2 is 2.50 bits per heavy atom. The largest absolute Gasteiger partial charge is 0.490 e. The molecule has 0 spiro atoms. The number of pyridine rings is 1. The molecule has 1 fully saturated rings. The smallest absolute Gasteiger partial charge is 0.223 e. The third-order valence-electron chi connectivity index (χ3n) is 2.56. The Balaban J connectivity index is 1.97. The molecule has 2 rings (SSSR count). The highest BCUT2D eigenvalue weighted by molar-refractivity contribution is 5.76. The second-order valence-electron chi connectivity index (χ2n) is 3.84. The minimum absolute atomic E-state index is 0.119. The zero-order chi connectivity index (χ0) is 11.4. The maximum Gasteiger partial charge on any atom is 0.223 e. The molecule has 0 bridgehead atoms. The Morgan fingerprint density at radius 1 is 1.69 bits per heavy atom. The number of nitrogens with one attached hydrogen (secondary N) is 1. The topological polar surface area (TPSA) is 77.2 Å². The monoisotopic (exact) mass is 221 g/mol. The summed E-state index contributed by atoms with van der Waals surface area (Å²) in [6, 6.07) is 4.01. The van der Waals surface area contributed by atoms with Gasteiger partial charge in [0.2, 0.25) is 5.91 Å². The molecule has 0 aromatic carbocycles. The van der Waals surface area contributed by atoms with Crippen LogP contribution in [0.25, 0.3) is 0 Å². The van der Waals surface area contributed by atoms with Crippen LogP contribution in [-0.2, 0) is 11.2 Å². The van der Waals surface area contributed by atoms with Gasteiger partial charge in [-0.1, -0.05) is 0 Å². The van der Waals surface area contributed by atoms with Crippen molar-refractivity contribution < 1.29 is 9.53 Å². The molecule has 5 heteroatoms. The molecule has 16 heavy (non-hydrogen) atoms. The van der Waals surface area contributed by atoms with E-state index in [-0.39, 0.29) is 6.42 Å². The van der Waals surface area contributed by atoms with Crippen molar-refractivity contribution in [3.05, 3.63) is 24.0 Å². The van der Waals surface area contributed by atoms with E-state index in [4.69, 9.17) is 10.5 Å². The average molecular weight is 221 g/mol. The summed E-state index contributed by atoms with van der Waals surface area (Å²) < 4.78 is 5.61. The molecular formula is C11H15N3O2. The number of aromatic nitrogens is 1. The van der Waals surface area contributed by atoms with Gasteiger partial charge >= 0.3 is 0 Å². The van der Waals surface area contributed by atoms with E-state index in [1.54, 1.807) is 12.3 Å². The molecule has 1 aliphatic rings. The fourth-order valence-electron chi connectivity index (χ4n) is 1.53. The lowest BCUT2D eigenvalue weighted by molar-refractivity contribution is -0.117. The van der Waals surface area contributed by atoms with Gasteiger partial charge in [-0.05, 0) is 25.1 Å². The van der Waals surface area contributed by atoms with E-state index in [0.29, 0.717) is 24.1 Å². The van der Waals surface area contributed by atoms with Gasteiger partial charge in [0.05, 0.1) is 12.1 Å². The van der Waals surface area contributed by atoms with Crippen molar-refractivity contribution in [1.82, 2.24) is 10.3 Å². The first kappa shape index (κ1) is 10.9. The summed E-state index contributed by atoms with van der Waals surface area (Å²) in [4.78, 5) is 14.9. The van der Waals surface area contributed by atoms with Crippen molar-refractivity contribution in [3.8, 4) is 5.75 Å². The number of rotatable bonds is 5. The van der Waals surface area contributed by atoms with Gasteiger partial charge < -0.3 is 15.8 Å². The number of hydrogen-bond donors (Lipinski definition) is 2. The van der Waals surface area contributed by atoms with Crippen LogP contribution in [0.1, 0.15) is 12.1 Å². The molecule has 1 amide bonds. The molecule has 3 N–H and O–H groups in total. The second-order valence-corrected chi connectivity index (χ2v) is 3.84. The van der Waals surface area contributed by atoms with Gasteiger partial charge in [-0.2, -0.15) is 0 Å². The lowest BCUT2D eigenvalue weighted by atomic mass is 10.1. The molecule has 1 aliphatic heterocycles. The summed E-state index contributed by atoms with van der Waals surface area (Å²) in [5, 5.41) is 3.24. The van der Waals surface area contributed by atoms with Crippen LogP contribution < -0.4 is 15.8 Å². The Bertz CT molecular complexity index is 377. The van der Waals surface area contributed by atoms with Crippen LogP contribution in [0.2, 0.25) is 0 Å². The lowest BCUT2D eigenvalue weighted by Gasteiger charge is -2.27. The zero-order valence-corrected chi connectivity index (χ0v) is 8.98. The van der Waals surface area contributed by atoms with Gasteiger partial charge in [0.25, 0.3) is 0 Å². The van der Waals surface area contributed by atoms with Gasteiger partial charge in [0.15, 0.2) is 0 Å². The van der Waals surface area contributed by atoms with Crippen LogP contribution in [-0.4, -0.2) is 30.1 Å². The molecule has 1 aromatic heterocycles. The van der Waals surface area contributed by atoms with Gasteiger partial charge in [-0.25, -0.2) is 0 Å². The molecule has 0 aliphatic carbocycles. The van der Waals surface area contributed by atoms with Crippen LogP contribution in [0, 0.1) is 0 Å². The summed E-state index contributed by atoms with van der Waals surface area (Å²) in [6.07, 6.45) is 2.88. The Labute approximate surface area is 94.0 Å². The van der Waals surface area contributed by atoms with Gasteiger partial charge in [-0.3, -0.25) is 9.78 Å². The minimum Gasteiger partial charge on any atom is -0.490 e. The van der Waals surface area contributed by atoms with Crippen molar-refractivity contribution in [2.45, 2.75) is 18.9 Å². The summed E-state index contributed by atoms with van der Waals surface area (Å²) in [5.74, 6) is 0.250. The lowest BCUT2D eigenvalue weighted by Crippen LogP contribution is -2.46. The maximum atomic E-state index is 10.8. The highest BCUT2D eigenvalue weighted by Gasteiger charge is 2.17. The first-order chi connectivity index (χ1) is 7.75. The fraction of sp³-hybridized carbons (Fsp3) is 0.455. The number of primary amides is 1. The quantitative estimate of drug-likeness (QED) is 0.725. The summed E-state index contributed by atoms with van der Waals surface area (Å²) in [6.45, 7) is 1.66. The Hall–Kier alpha value is -1.62. The normalized spacial score (nSPS) is 18.9. The number of ether oxygens (including phenoxy) is 1. The van der Waals surface area contributed by atoms with E-state index in [1.165, 1.54) is 0 Å². The second kappa shape index (κ2) is 4.94. The van der Waals surface area contributed by atoms with Crippen LogP contribution >= 0.6 is 0 Å². The molecule has 1 unspecified atom stereocenters. The van der Waals surface area contributed by atoms with Gasteiger partial charge in [0, 0.05) is 12.2 Å². The number of carbonyl (C=O) groups is 1. The highest BCUT2D eigenvalue weighted by Crippen LogP contribution is 2.16. The van der Waals surface area contributed by atoms with Crippen LogP contribution in [0.3, 0.4) is 0 Å². The molecular weight excluding hydrogens is 206 g/mol. The van der Waals surface area contributed by atoms with E-state index < -0.39 is 5.91 Å². The molecule has 0 radical (unpaired) electrons. The number of amides is 1. The maximum absolute atomic E-state index is 10.8. The van der Waals surface area contributed by atoms with Crippen molar-refractivity contribution in [1.29, 1.82) is 0 Å². The summed E-state index contributed by atoms with van der Waals surface area (Å²) >= 11 is 0. The Kier molecular flexibility index (Phi) is 3.36. The van der Waals surface area contributed by atoms with Crippen molar-refractivity contribution in [2.75, 3.05) is 13.2 Å². The summed E-state index contributed by atoms with van der Waals surface area (Å²) in [5.41, 5.74) is 5.75. The molecule has 0 saturated carbocycles. The zero-order valence-electron chi connectivity index (χ0n) is 8.98. The Morgan fingerprint density at radius 3 is 3.12 bits per heavy atom. The number of hydrogen-bond acceptors (Lipinski definition) is 4. The van der Waals surface area contributed by atoms with Gasteiger partial charge in [0.1, 0.15) is 12.4 Å². The van der Waals surface area contributed by atoms with E-state index >= 15 is 0 Å². The SMILES string of the molecule is NC(=O)Cc1ncccc1OCC1CCN1. The summed E-state index contributed by atoms with van der Waals surface area (Å²) in [7, 11) is 0. The van der Waals surface area contributed by atoms with Crippen molar-refractivity contribution in [2.24, 2.45) is 5.73 Å². The average Bonchev–Trinajstić information content (AvgIpc) is 2.17. The van der Waals surface area contributed by atoms with Gasteiger partial charge in [-0.15, -0.1) is 0 Å². The van der Waals surface area contributed by atoms with Crippen LogP contribution in [0.15, 0.2) is 18.3 Å². The van der Waals surface area contributed by atoms with E-state index in [9.17, 15) is 4.79 Å². The number of nitrogens with two attached hydrogens (primary N) is 1. The van der Waals surface area contributed by atoms with E-state index in [1.807, 2.05) is 6.07 Å². The van der Waals surface area contributed by atoms with E-state index in [0.717, 1.165) is 13.0 Å². The molecule has 1 aromatic rings. The first-order valence-corrected chi connectivity index (χ1v) is 5.34. The predicted octanol–water partition coefficient (Wildman–Crippen LogP) is -0.150. The van der Waals surface area contributed by atoms with Crippen LogP contribution in [0.4, 0.5) is 0 Å². The minimum atomic E-state index is -0.398. The third-order valence-corrected chi connectivity index (χ3v) is 2.56. The van der Waals surface area contributed by atoms with Crippen molar-refractivity contribution >= 4 is 5.91 Å². The predicted molar refractivity (Wildman–Crippen MR) is 59.0 cm³/mol.